The fourth-order valence-corrected chi connectivity index (χ4v) is 12.3. The van der Waals surface area contributed by atoms with Crippen LogP contribution in [-0.4, -0.2) is 132 Å². The summed E-state index contributed by atoms with van der Waals surface area (Å²) in [6.07, 6.45) is 10.3. The molecule has 12 N–H and O–H groups in total. The van der Waals surface area contributed by atoms with Gasteiger partial charge in [0.25, 0.3) is 0 Å². The van der Waals surface area contributed by atoms with Crippen LogP contribution in [-0.2, 0) is 45.4 Å². The second-order valence-electron chi connectivity index (χ2n) is 16.5. The van der Waals surface area contributed by atoms with Crippen molar-refractivity contribution in [3.05, 3.63) is 113 Å². The molecule has 4 rings (SSSR count). The largest absolute Gasteiger partial charge is 0.396 e. The number of aliphatic hydroxyl groups excluding tert-OH is 4. The SMILES string of the molecule is C/C(=C(\CCO)SS/C(CCO)=C(/C)N(C=O)Cc1cnc(C)nc1N)N(C=O)Cc1cnc(C)nc1N.C/C(=C(\CCO)SS/C(CCO)=C(/C)N(C=O)Cc1cnc(C)nc1N)N(C=O)Cc1cnc(C)nc1N. The summed E-state index contributed by atoms with van der Waals surface area (Å²) in [4.78, 5) is 89.9. The molecule has 0 aliphatic carbocycles. The summed E-state index contributed by atoms with van der Waals surface area (Å²) in [5.41, 5.74) is 28.9. The average Bonchev–Trinajstić information content (AvgIpc) is 3.39. The van der Waals surface area contributed by atoms with Crippen molar-refractivity contribution in [1.82, 2.24) is 59.5 Å². The highest BCUT2D eigenvalue weighted by Crippen LogP contribution is 2.44. The Morgan fingerprint density at radius 2 is 0.592 bits per heavy atom. The second kappa shape index (κ2) is 32.9. The Kier molecular flexibility index (Phi) is 27.7. The Morgan fingerprint density at radius 1 is 0.408 bits per heavy atom. The summed E-state index contributed by atoms with van der Waals surface area (Å²) in [6, 6.07) is 0. The maximum absolute atomic E-state index is 12.0. The maximum Gasteiger partial charge on any atom is 0.214 e. The van der Waals surface area contributed by atoms with Crippen molar-refractivity contribution in [1.29, 1.82) is 0 Å². The fraction of sp³-hybridized carbons (Fsp3) is 0.417. The van der Waals surface area contributed by atoms with Gasteiger partial charge in [0.1, 0.15) is 46.6 Å². The Labute approximate surface area is 458 Å². The average molecular weight is 1130 g/mol. The van der Waals surface area contributed by atoms with E-state index in [1.807, 2.05) is 0 Å². The van der Waals surface area contributed by atoms with E-state index >= 15 is 0 Å². The van der Waals surface area contributed by atoms with Gasteiger partial charge in [0.15, 0.2) is 0 Å². The summed E-state index contributed by atoms with van der Waals surface area (Å²) in [6.45, 7) is 14.2. The number of aliphatic hydroxyl groups is 4. The van der Waals surface area contributed by atoms with Crippen molar-refractivity contribution in [2.45, 2.75) is 107 Å². The van der Waals surface area contributed by atoms with Crippen molar-refractivity contribution >= 4 is 92.1 Å². The molecule has 0 aliphatic rings. The molecule has 4 aromatic heterocycles. The van der Waals surface area contributed by atoms with Crippen molar-refractivity contribution < 1.29 is 39.6 Å². The lowest BCUT2D eigenvalue weighted by molar-refractivity contribution is -0.117. The summed E-state index contributed by atoms with van der Waals surface area (Å²) in [5.74, 6) is 3.30. The monoisotopic (exact) mass is 1120 g/mol. The van der Waals surface area contributed by atoms with Gasteiger partial charge in [-0.3, -0.25) is 19.2 Å². The molecule has 0 unspecified atom stereocenters. The third-order valence-electron chi connectivity index (χ3n) is 11.1. The third kappa shape index (κ3) is 19.6. The van der Waals surface area contributed by atoms with Gasteiger partial charge in [-0.2, -0.15) is 0 Å². The molecule has 0 spiro atoms. The number of rotatable bonds is 30. The summed E-state index contributed by atoms with van der Waals surface area (Å²) in [5, 5.41) is 38.7. The van der Waals surface area contributed by atoms with Crippen LogP contribution in [0.15, 0.2) is 67.2 Å². The van der Waals surface area contributed by atoms with Crippen LogP contribution in [0.5, 0.6) is 0 Å². The summed E-state index contributed by atoms with van der Waals surface area (Å²) < 4.78 is 0. The van der Waals surface area contributed by atoms with Crippen molar-refractivity contribution in [2.24, 2.45) is 0 Å². The zero-order valence-electron chi connectivity index (χ0n) is 43.8. The number of nitrogens with zero attached hydrogens (tertiary/aromatic N) is 12. The van der Waals surface area contributed by atoms with Gasteiger partial charge in [0, 0.05) is 142 Å². The number of nitrogen functional groups attached to an aromatic ring is 4. The van der Waals surface area contributed by atoms with Gasteiger partial charge in [-0.25, -0.2) is 39.9 Å². The molecule has 4 heterocycles. The van der Waals surface area contributed by atoms with Crippen LogP contribution >= 0.6 is 43.2 Å². The van der Waals surface area contributed by atoms with Crippen LogP contribution in [0.1, 0.15) is 98.9 Å². The number of aryl methyl sites for hydroxylation is 4. The minimum absolute atomic E-state index is 0.131. The van der Waals surface area contributed by atoms with E-state index in [1.54, 1.807) is 80.2 Å². The molecule has 0 bridgehead atoms. The van der Waals surface area contributed by atoms with E-state index in [4.69, 9.17) is 22.9 Å². The van der Waals surface area contributed by atoms with Gasteiger partial charge in [0.2, 0.25) is 25.6 Å². The van der Waals surface area contributed by atoms with E-state index in [9.17, 15) is 39.6 Å². The van der Waals surface area contributed by atoms with Crippen molar-refractivity contribution in [3.63, 3.8) is 0 Å². The van der Waals surface area contributed by atoms with Gasteiger partial charge < -0.3 is 63.0 Å². The fourth-order valence-electron chi connectivity index (χ4n) is 6.59. The van der Waals surface area contributed by atoms with Crippen LogP contribution in [0.2, 0.25) is 0 Å². The lowest BCUT2D eigenvalue weighted by Crippen LogP contribution is -2.22. The minimum Gasteiger partial charge on any atom is -0.396 e. The molecule has 76 heavy (non-hydrogen) atoms. The van der Waals surface area contributed by atoms with Gasteiger partial charge in [-0.15, -0.1) is 0 Å². The van der Waals surface area contributed by atoms with Crippen LogP contribution in [0.4, 0.5) is 23.3 Å². The van der Waals surface area contributed by atoms with Crippen LogP contribution < -0.4 is 22.9 Å². The molecule has 28 heteroatoms. The highest BCUT2D eigenvalue weighted by atomic mass is 33.1. The minimum atomic E-state index is -0.131. The lowest BCUT2D eigenvalue weighted by atomic mass is 10.2. The Morgan fingerprint density at radius 3 is 0.737 bits per heavy atom. The predicted octanol–water partition coefficient (Wildman–Crippen LogP) is 4.55. The first kappa shape index (κ1) is 63.9. The second-order valence-corrected chi connectivity index (χ2v) is 21.1. The van der Waals surface area contributed by atoms with E-state index in [0.717, 1.165) is 19.6 Å². The van der Waals surface area contributed by atoms with E-state index in [1.165, 1.54) is 62.8 Å². The number of amides is 4. The Balaban J connectivity index is 0.000000400. The van der Waals surface area contributed by atoms with Crippen LogP contribution in [0.25, 0.3) is 0 Å². The van der Waals surface area contributed by atoms with Gasteiger partial charge in [0.05, 0.1) is 26.2 Å². The number of hydrogen-bond donors (Lipinski definition) is 8. The molecule has 0 aromatic carbocycles. The standard InChI is InChI=1S/2C24H34N8O4S2/c2*1-15(31(13-35)11-19-9-27-17(3)29-23(19)25)21(5-7-33)37-38-22(6-8-34)16(2)32(14-36)12-20-10-28-18(4)30-24(20)26/h2*9-10,13-14,33-34H,5-8,11-12H2,1-4H3,(H2,25,27,29)(H2,26,28,30)/b2*21-15-,22-16-. The molecule has 0 atom stereocenters. The zero-order chi connectivity index (χ0) is 56.5. The molecule has 0 saturated heterocycles. The quantitative estimate of drug-likeness (QED) is 0.0262. The normalized spacial score (nSPS) is 12.5. The predicted molar refractivity (Wildman–Crippen MR) is 299 cm³/mol. The van der Waals surface area contributed by atoms with Crippen molar-refractivity contribution in [3.8, 4) is 0 Å². The van der Waals surface area contributed by atoms with Crippen molar-refractivity contribution in [2.75, 3.05) is 49.4 Å². The number of allylic oxidation sites excluding steroid dienone is 4. The van der Waals surface area contributed by atoms with Crippen LogP contribution in [0.3, 0.4) is 0 Å². The Bertz CT molecular complexity index is 2380. The molecule has 0 fully saturated rings. The zero-order valence-corrected chi connectivity index (χ0v) is 47.1. The molecule has 0 radical (unpaired) electrons. The first-order valence-electron chi connectivity index (χ1n) is 23.4. The Hall–Kier alpha value is -6.40. The number of hydrogen-bond acceptors (Lipinski definition) is 24. The number of carbonyl (C=O) groups is 4. The lowest BCUT2D eigenvalue weighted by Gasteiger charge is -2.24. The van der Waals surface area contributed by atoms with E-state index in [2.05, 4.69) is 39.9 Å². The van der Waals surface area contributed by atoms with E-state index in [-0.39, 0.29) is 52.6 Å². The van der Waals surface area contributed by atoms with E-state index < -0.39 is 0 Å². The van der Waals surface area contributed by atoms with Gasteiger partial charge in [-0.1, -0.05) is 43.2 Å². The number of carbonyl (C=O) groups excluding carboxylic acids is 4. The van der Waals surface area contributed by atoms with E-state index in [0.29, 0.717) is 143 Å². The molecule has 0 saturated carbocycles. The molecule has 412 valence electrons. The smallest absolute Gasteiger partial charge is 0.214 e. The maximum atomic E-state index is 12.0. The highest BCUT2D eigenvalue weighted by molar-refractivity contribution is 8.79. The van der Waals surface area contributed by atoms with Crippen LogP contribution in [0, 0.1) is 27.7 Å². The highest BCUT2D eigenvalue weighted by Gasteiger charge is 2.21. The summed E-state index contributed by atoms with van der Waals surface area (Å²) >= 11 is 0. The molecule has 4 aromatic rings. The first-order valence-corrected chi connectivity index (χ1v) is 27.7. The number of anilines is 4. The van der Waals surface area contributed by atoms with Gasteiger partial charge in [-0.05, 0) is 55.4 Å². The molecule has 24 nitrogen and oxygen atoms in total. The molecular weight excluding hydrogens is 1060 g/mol. The first-order chi connectivity index (χ1) is 36.3. The number of aromatic nitrogens is 8. The topological polar surface area (TPSA) is 369 Å². The number of nitrogens with two attached hydrogens (primary N) is 4. The molecular formula is C48H68N16O8S4. The van der Waals surface area contributed by atoms with Gasteiger partial charge >= 0.3 is 0 Å². The molecule has 4 amide bonds. The summed E-state index contributed by atoms with van der Waals surface area (Å²) in [7, 11) is 5.37. The molecule has 0 aliphatic heterocycles. The third-order valence-corrected chi connectivity index (χ3v) is 17.0.